The number of halogens is 2. The van der Waals surface area contributed by atoms with E-state index in [2.05, 4.69) is 4.90 Å². The van der Waals surface area contributed by atoms with Gasteiger partial charge in [-0.05, 0) is 36.5 Å². The summed E-state index contributed by atoms with van der Waals surface area (Å²) in [5.41, 5.74) is 0.712. The molecular formula is C16H23F2N3O2S. The fourth-order valence-corrected chi connectivity index (χ4v) is 4.84. The Morgan fingerprint density at radius 3 is 2.54 bits per heavy atom. The zero-order valence-electron chi connectivity index (χ0n) is 14.0. The van der Waals surface area contributed by atoms with E-state index in [1.54, 1.807) is 24.5 Å². The van der Waals surface area contributed by atoms with E-state index in [9.17, 15) is 17.2 Å². The van der Waals surface area contributed by atoms with Gasteiger partial charge in [0.25, 0.3) is 10.2 Å². The molecule has 0 N–H and O–H groups in total. The quantitative estimate of drug-likeness (QED) is 0.821. The summed E-state index contributed by atoms with van der Waals surface area (Å²) in [6, 6.07) is 4.06. The molecule has 0 unspecified atom stereocenters. The van der Waals surface area contributed by atoms with Crippen LogP contribution in [0.3, 0.4) is 0 Å². The largest absolute Gasteiger partial charge is 0.294 e. The molecule has 3 heterocycles. The molecule has 3 fully saturated rings. The van der Waals surface area contributed by atoms with E-state index < -0.39 is 21.8 Å². The number of benzene rings is 1. The normalized spacial score (nSPS) is 26.0. The van der Waals surface area contributed by atoms with Crippen LogP contribution >= 0.6 is 0 Å². The predicted molar refractivity (Wildman–Crippen MR) is 87.5 cm³/mol. The maximum atomic E-state index is 13.4. The van der Waals surface area contributed by atoms with Crippen molar-refractivity contribution in [2.75, 3.05) is 33.7 Å². The Bertz CT molecular complexity index is 711. The Kier molecular flexibility index (Phi) is 4.92. The van der Waals surface area contributed by atoms with Gasteiger partial charge in [0.05, 0.1) is 0 Å². The third-order valence-electron chi connectivity index (χ3n) is 4.95. The average Bonchev–Trinajstić information content (AvgIpc) is 2.83. The van der Waals surface area contributed by atoms with E-state index in [1.807, 2.05) is 0 Å². The Morgan fingerprint density at radius 1 is 1.12 bits per heavy atom. The minimum atomic E-state index is -3.43. The van der Waals surface area contributed by atoms with Gasteiger partial charge in [0.1, 0.15) is 0 Å². The first-order chi connectivity index (χ1) is 11.3. The minimum Gasteiger partial charge on any atom is -0.294 e. The molecule has 0 amide bonds. The van der Waals surface area contributed by atoms with Crippen LogP contribution in [0.5, 0.6) is 0 Å². The molecule has 0 spiro atoms. The Hall–Kier alpha value is -1.09. The predicted octanol–water partition coefficient (Wildman–Crippen LogP) is 1.67. The number of piperidine rings is 1. The molecule has 3 saturated heterocycles. The first kappa shape index (κ1) is 17.7. The van der Waals surface area contributed by atoms with E-state index in [0.717, 1.165) is 25.5 Å². The Balaban J connectivity index is 1.77. The van der Waals surface area contributed by atoms with Crippen LogP contribution in [0.2, 0.25) is 0 Å². The van der Waals surface area contributed by atoms with E-state index >= 15 is 0 Å². The molecule has 1 aromatic carbocycles. The van der Waals surface area contributed by atoms with Crippen LogP contribution in [0.15, 0.2) is 18.2 Å². The maximum Gasteiger partial charge on any atom is 0.281 e. The van der Waals surface area contributed by atoms with Crippen molar-refractivity contribution in [1.82, 2.24) is 13.5 Å². The Labute approximate surface area is 142 Å². The minimum absolute atomic E-state index is 0.103. The van der Waals surface area contributed by atoms with E-state index in [0.29, 0.717) is 25.2 Å². The van der Waals surface area contributed by atoms with Gasteiger partial charge in [0.15, 0.2) is 11.6 Å². The molecule has 3 aliphatic rings. The monoisotopic (exact) mass is 359 g/mol. The lowest BCUT2D eigenvalue weighted by atomic mass is 9.94. The highest BCUT2D eigenvalue weighted by atomic mass is 32.2. The average molecular weight is 359 g/mol. The highest BCUT2D eigenvalue weighted by Crippen LogP contribution is 2.30. The van der Waals surface area contributed by atoms with Crippen LogP contribution in [-0.2, 0) is 16.8 Å². The molecule has 5 nitrogen and oxygen atoms in total. The zero-order valence-corrected chi connectivity index (χ0v) is 14.8. The fraction of sp³-hybridized carbons (Fsp3) is 0.625. The molecule has 0 aromatic heterocycles. The summed E-state index contributed by atoms with van der Waals surface area (Å²) in [6.07, 6.45) is 1.92. The van der Waals surface area contributed by atoms with Crippen molar-refractivity contribution in [3.63, 3.8) is 0 Å². The standard InChI is InChI=1S/C16H23F2N3O2S/c1-19(2)24(22,23)21-10-13-3-5-14(11-21)20(9-13)8-12-4-6-15(17)16(18)7-12/h4,6-7,13-14H,3,5,8-11H2,1-2H3/t13-,14-/m0/s1. The molecule has 2 atom stereocenters. The maximum absolute atomic E-state index is 13.4. The third kappa shape index (κ3) is 3.46. The van der Waals surface area contributed by atoms with Gasteiger partial charge in [0.2, 0.25) is 0 Å². The molecule has 0 aliphatic carbocycles. The van der Waals surface area contributed by atoms with E-state index in [4.69, 9.17) is 0 Å². The highest BCUT2D eigenvalue weighted by molar-refractivity contribution is 7.86. The molecular weight excluding hydrogens is 336 g/mol. The van der Waals surface area contributed by atoms with Crippen LogP contribution in [0.1, 0.15) is 18.4 Å². The number of hydrogen-bond acceptors (Lipinski definition) is 3. The van der Waals surface area contributed by atoms with Gasteiger partial charge in [-0.3, -0.25) is 4.90 Å². The van der Waals surface area contributed by atoms with Crippen LogP contribution in [-0.4, -0.2) is 61.7 Å². The summed E-state index contributed by atoms with van der Waals surface area (Å²) < 4.78 is 54.2. The summed E-state index contributed by atoms with van der Waals surface area (Å²) in [5.74, 6) is -1.42. The van der Waals surface area contributed by atoms with Crippen LogP contribution < -0.4 is 0 Å². The molecule has 8 heteroatoms. The van der Waals surface area contributed by atoms with Crippen molar-refractivity contribution in [3.8, 4) is 0 Å². The molecule has 3 aliphatic heterocycles. The van der Waals surface area contributed by atoms with Crippen molar-refractivity contribution in [2.45, 2.75) is 25.4 Å². The van der Waals surface area contributed by atoms with Gasteiger partial charge in [-0.25, -0.2) is 8.78 Å². The second-order valence-corrected chi connectivity index (χ2v) is 9.02. The van der Waals surface area contributed by atoms with Crippen molar-refractivity contribution >= 4 is 10.2 Å². The van der Waals surface area contributed by atoms with E-state index in [-0.39, 0.29) is 12.0 Å². The van der Waals surface area contributed by atoms with Gasteiger partial charge in [-0.1, -0.05) is 6.07 Å². The summed E-state index contributed by atoms with van der Waals surface area (Å²) in [5, 5.41) is 0. The van der Waals surface area contributed by atoms with Gasteiger partial charge in [-0.15, -0.1) is 0 Å². The lowest BCUT2D eigenvalue weighted by Gasteiger charge is -2.36. The summed E-state index contributed by atoms with van der Waals surface area (Å²) >= 11 is 0. The van der Waals surface area contributed by atoms with Crippen molar-refractivity contribution in [1.29, 1.82) is 0 Å². The van der Waals surface area contributed by atoms with Crippen molar-refractivity contribution in [2.24, 2.45) is 5.92 Å². The molecule has 1 aromatic rings. The number of fused-ring (bicyclic) bond motifs is 4. The first-order valence-corrected chi connectivity index (χ1v) is 9.52. The SMILES string of the molecule is CN(C)S(=O)(=O)N1C[C@H]2CC[C@@H](C1)N(Cc1ccc(F)c(F)c1)C2. The number of rotatable bonds is 4. The molecule has 0 saturated carbocycles. The number of hydrogen-bond donors (Lipinski definition) is 0. The van der Waals surface area contributed by atoms with Crippen molar-refractivity contribution in [3.05, 3.63) is 35.4 Å². The second kappa shape index (κ2) is 6.67. The molecule has 24 heavy (non-hydrogen) atoms. The lowest BCUT2D eigenvalue weighted by molar-refractivity contribution is 0.125. The third-order valence-corrected chi connectivity index (χ3v) is 6.82. The van der Waals surface area contributed by atoms with Crippen LogP contribution in [0.25, 0.3) is 0 Å². The molecule has 4 rings (SSSR count). The fourth-order valence-electron chi connectivity index (χ4n) is 3.62. The first-order valence-electron chi connectivity index (χ1n) is 8.13. The highest BCUT2D eigenvalue weighted by Gasteiger charge is 2.39. The smallest absolute Gasteiger partial charge is 0.281 e. The van der Waals surface area contributed by atoms with Crippen LogP contribution in [0, 0.1) is 17.6 Å². The lowest BCUT2D eigenvalue weighted by Crippen LogP contribution is -2.45. The van der Waals surface area contributed by atoms with Gasteiger partial charge in [-0.2, -0.15) is 17.0 Å². The van der Waals surface area contributed by atoms with Gasteiger partial charge < -0.3 is 0 Å². The second-order valence-electron chi connectivity index (χ2n) is 6.88. The molecule has 2 bridgehead atoms. The summed E-state index contributed by atoms with van der Waals surface area (Å²) in [6.45, 7) is 2.25. The molecule has 0 radical (unpaired) electrons. The van der Waals surface area contributed by atoms with E-state index in [1.165, 1.54) is 10.4 Å². The summed E-state index contributed by atoms with van der Waals surface area (Å²) in [7, 11) is -0.342. The summed E-state index contributed by atoms with van der Waals surface area (Å²) in [4.78, 5) is 2.20. The van der Waals surface area contributed by atoms with Crippen LogP contribution in [0.4, 0.5) is 8.78 Å². The number of nitrogens with zero attached hydrogens (tertiary/aromatic N) is 3. The van der Waals surface area contributed by atoms with Crippen molar-refractivity contribution < 1.29 is 17.2 Å². The Morgan fingerprint density at radius 2 is 1.88 bits per heavy atom. The zero-order chi connectivity index (χ0) is 17.5. The molecule has 134 valence electrons. The van der Waals surface area contributed by atoms with Gasteiger partial charge >= 0.3 is 0 Å². The van der Waals surface area contributed by atoms with Gasteiger partial charge in [0, 0.05) is 46.3 Å². The topological polar surface area (TPSA) is 43.9 Å².